The maximum absolute atomic E-state index is 12.7. The fraction of sp³-hybridized carbons (Fsp3) is 0.286. The molecular formula is C21H22Cl2N4O2S. The zero-order valence-electron chi connectivity index (χ0n) is 16.4. The molecule has 0 saturated carbocycles. The van der Waals surface area contributed by atoms with Crippen molar-refractivity contribution in [3.8, 4) is 0 Å². The van der Waals surface area contributed by atoms with Gasteiger partial charge >= 0.3 is 0 Å². The third-order valence-corrected chi connectivity index (χ3v) is 5.69. The molecule has 1 atom stereocenters. The summed E-state index contributed by atoms with van der Waals surface area (Å²) in [5.41, 5.74) is 2.04. The zero-order valence-corrected chi connectivity index (χ0v) is 18.7. The highest BCUT2D eigenvalue weighted by molar-refractivity contribution is 7.98. The highest BCUT2D eigenvalue weighted by Crippen LogP contribution is 2.21. The van der Waals surface area contributed by atoms with Gasteiger partial charge in [-0.05, 0) is 48.8 Å². The molecule has 2 aromatic heterocycles. The largest absolute Gasteiger partial charge is 0.354 e. The number of hydrogen-bond donors (Lipinski definition) is 2. The maximum Gasteiger partial charge on any atom is 0.253 e. The summed E-state index contributed by atoms with van der Waals surface area (Å²) in [6, 6.07) is 9.78. The number of rotatable bonds is 9. The second kappa shape index (κ2) is 10.7. The number of carbonyl (C=O) groups is 2. The van der Waals surface area contributed by atoms with Crippen molar-refractivity contribution in [1.82, 2.24) is 20.0 Å². The molecule has 30 heavy (non-hydrogen) atoms. The molecule has 0 aliphatic rings. The monoisotopic (exact) mass is 464 g/mol. The second-order valence-electron chi connectivity index (χ2n) is 6.67. The Kier molecular flexibility index (Phi) is 8.01. The lowest BCUT2D eigenvalue weighted by Crippen LogP contribution is -2.47. The molecule has 3 aromatic rings. The first kappa shape index (κ1) is 22.5. The topological polar surface area (TPSA) is 75.5 Å². The minimum Gasteiger partial charge on any atom is -0.354 e. The summed E-state index contributed by atoms with van der Waals surface area (Å²) in [7, 11) is 0. The Balaban J connectivity index is 1.59. The van der Waals surface area contributed by atoms with Crippen molar-refractivity contribution in [2.24, 2.45) is 0 Å². The van der Waals surface area contributed by atoms with Crippen LogP contribution in [0.1, 0.15) is 22.5 Å². The Labute approximate surface area is 189 Å². The SMILES string of the molecule is CSCCC(NC(=O)c1ccc(Cl)cc1Cl)C(=O)NCCc1cn2ccccc2n1. The Bertz CT molecular complexity index is 1010. The number of fused-ring (bicyclic) bond motifs is 1. The van der Waals surface area contributed by atoms with E-state index >= 15 is 0 Å². The number of amides is 2. The van der Waals surface area contributed by atoms with Gasteiger partial charge in [-0.15, -0.1) is 0 Å². The molecule has 9 heteroatoms. The second-order valence-corrected chi connectivity index (χ2v) is 8.50. The molecule has 6 nitrogen and oxygen atoms in total. The number of carbonyl (C=O) groups excluding carboxylic acids is 2. The average Bonchev–Trinajstić information content (AvgIpc) is 3.13. The predicted molar refractivity (Wildman–Crippen MR) is 123 cm³/mol. The third-order valence-electron chi connectivity index (χ3n) is 4.50. The lowest BCUT2D eigenvalue weighted by atomic mass is 10.1. The van der Waals surface area contributed by atoms with Crippen LogP contribution in [-0.4, -0.2) is 45.8 Å². The van der Waals surface area contributed by atoms with Crippen LogP contribution in [-0.2, 0) is 11.2 Å². The van der Waals surface area contributed by atoms with E-state index in [2.05, 4.69) is 15.6 Å². The van der Waals surface area contributed by atoms with Crippen LogP contribution in [0.15, 0.2) is 48.8 Å². The summed E-state index contributed by atoms with van der Waals surface area (Å²) in [5, 5.41) is 6.38. The number of imidazole rings is 1. The summed E-state index contributed by atoms with van der Waals surface area (Å²) in [6.07, 6.45) is 6.94. The Morgan fingerprint density at radius 1 is 1.23 bits per heavy atom. The van der Waals surface area contributed by atoms with Crippen molar-refractivity contribution in [2.75, 3.05) is 18.6 Å². The molecule has 0 spiro atoms. The van der Waals surface area contributed by atoms with Crippen LogP contribution in [0.2, 0.25) is 10.0 Å². The number of aromatic nitrogens is 2. The molecule has 1 aromatic carbocycles. The highest BCUT2D eigenvalue weighted by Gasteiger charge is 2.22. The minimum atomic E-state index is -0.655. The van der Waals surface area contributed by atoms with Crippen LogP contribution in [0.25, 0.3) is 5.65 Å². The summed E-state index contributed by atoms with van der Waals surface area (Å²) < 4.78 is 1.94. The third kappa shape index (κ3) is 5.90. The van der Waals surface area contributed by atoms with Crippen LogP contribution in [0.4, 0.5) is 0 Å². The number of nitrogens with one attached hydrogen (secondary N) is 2. The van der Waals surface area contributed by atoms with E-state index in [0.717, 1.165) is 17.1 Å². The molecule has 2 N–H and O–H groups in total. The molecule has 0 aliphatic heterocycles. The van der Waals surface area contributed by atoms with Crippen LogP contribution >= 0.6 is 35.0 Å². The number of benzene rings is 1. The lowest BCUT2D eigenvalue weighted by Gasteiger charge is -2.18. The molecule has 0 bridgehead atoms. The van der Waals surface area contributed by atoms with Gasteiger partial charge in [0.25, 0.3) is 5.91 Å². The quantitative estimate of drug-likeness (QED) is 0.504. The number of hydrogen-bond acceptors (Lipinski definition) is 4. The van der Waals surface area contributed by atoms with Gasteiger partial charge < -0.3 is 15.0 Å². The fourth-order valence-corrected chi connectivity index (χ4v) is 3.92. The number of pyridine rings is 1. The van der Waals surface area contributed by atoms with Crippen molar-refractivity contribution in [3.63, 3.8) is 0 Å². The van der Waals surface area contributed by atoms with E-state index in [4.69, 9.17) is 23.2 Å². The summed E-state index contributed by atoms with van der Waals surface area (Å²) in [6.45, 7) is 0.427. The molecule has 2 heterocycles. The van der Waals surface area contributed by atoms with Gasteiger partial charge in [-0.2, -0.15) is 11.8 Å². The number of nitrogens with zero attached hydrogens (tertiary/aromatic N) is 2. The van der Waals surface area contributed by atoms with Crippen molar-refractivity contribution in [3.05, 3.63) is 70.1 Å². The predicted octanol–water partition coefficient (Wildman–Crippen LogP) is 3.85. The van der Waals surface area contributed by atoms with Crippen LogP contribution in [0, 0.1) is 0 Å². The van der Waals surface area contributed by atoms with Crippen molar-refractivity contribution >= 4 is 52.4 Å². The smallest absolute Gasteiger partial charge is 0.253 e. The number of thioether (sulfide) groups is 1. The zero-order chi connectivity index (χ0) is 21.5. The van der Waals surface area contributed by atoms with E-state index in [1.54, 1.807) is 23.9 Å². The van der Waals surface area contributed by atoms with Gasteiger partial charge in [0.1, 0.15) is 11.7 Å². The van der Waals surface area contributed by atoms with Gasteiger partial charge in [0.15, 0.2) is 0 Å². The van der Waals surface area contributed by atoms with Gasteiger partial charge in [-0.3, -0.25) is 9.59 Å². The van der Waals surface area contributed by atoms with Crippen molar-refractivity contribution in [1.29, 1.82) is 0 Å². The summed E-state index contributed by atoms with van der Waals surface area (Å²) in [5.74, 6) is 0.101. The first-order valence-corrected chi connectivity index (χ1v) is 11.6. The van der Waals surface area contributed by atoms with Gasteiger partial charge in [0.2, 0.25) is 5.91 Å². The van der Waals surface area contributed by atoms with E-state index < -0.39 is 11.9 Å². The first-order chi connectivity index (χ1) is 14.5. The normalized spacial score (nSPS) is 12.0. The minimum absolute atomic E-state index is 0.230. The lowest BCUT2D eigenvalue weighted by molar-refractivity contribution is -0.122. The molecule has 158 valence electrons. The average molecular weight is 465 g/mol. The van der Waals surface area contributed by atoms with Crippen LogP contribution in [0.5, 0.6) is 0 Å². The molecular weight excluding hydrogens is 443 g/mol. The van der Waals surface area contributed by atoms with Gasteiger partial charge in [-0.1, -0.05) is 29.3 Å². The molecule has 0 radical (unpaired) electrons. The fourth-order valence-electron chi connectivity index (χ4n) is 2.96. The summed E-state index contributed by atoms with van der Waals surface area (Å²) in [4.78, 5) is 29.8. The Hall–Kier alpha value is -2.22. The van der Waals surface area contributed by atoms with E-state index in [0.29, 0.717) is 24.4 Å². The molecule has 1 unspecified atom stereocenters. The standard InChI is InChI=1S/C21H22Cl2N4O2S/c1-30-11-8-18(26-20(28)16-6-5-14(22)12-17(16)23)21(29)24-9-7-15-13-27-10-3-2-4-19(27)25-15/h2-6,10,12-13,18H,7-9,11H2,1H3,(H,24,29)(H,26,28). The molecule has 0 fully saturated rings. The van der Waals surface area contributed by atoms with Crippen molar-refractivity contribution < 1.29 is 9.59 Å². The van der Waals surface area contributed by atoms with Gasteiger partial charge in [0.05, 0.1) is 16.3 Å². The van der Waals surface area contributed by atoms with Gasteiger partial charge in [0, 0.05) is 30.4 Å². The molecule has 2 amide bonds. The van der Waals surface area contributed by atoms with Crippen LogP contribution in [0.3, 0.4) is 0 Å². The van der Waals surface area contributed by atoms with E-state index in [9.17, 15) is 9.59 Å². The molecule has 0 saturated heterocycles. The van der Waals surface area contributed by atoms with E-state index in [-0.39, 0.29) is 16.5 Å². The first-order valence-electron chi connectivity index (χ1n) is 9.43. The van der Waals surface area contributed by atoms with Gasteiger partial charge in [-0.25, -0.2) is 4.98 Å². The molecule has 3 rings (SSSR count). The number of halogens is 2. The highest BCUT2D eigenvalue weighted by atomic mass is 35.5. The Morgan fingerprint density at radius 2 is 2.07 bits per heavy atom. The Morgan fingerprint density at radius 3 is 2.80 bits per heavy atom. The summed E-state index contributed by atoms with van der Waals surface area (Å²) >= 11 is 13.6. The maximum atomic E-state index is 12.7. The molecule has 0 aliphatic carbocycles. The van der Waals surface area contributed by atoms with E-state index in [1.807, 2.05) is 41.2 Å². The van der Waals surface area contributed by atoms with Crippen molar-refractivity contribution in [2.45, 2.75) is 18.9 Å². The van der Waals surface area contributed by atoms with E-state index in [1.165, 1.54) is 6.07 Å². The van der Waals surface area contributed by atoms with Crippen LogP contribution < -0.4 is 10.6 Å².